The van der Waals surface area contributed by atoms with Gasteiger partial charge in [0.25, 0.3) is 0 Å². The van der Waals surface area contributed by atoms with E-state index in [1.807, 2.05) is 42.5 Å². The molecule has 0 aliphatic heterocycles. The Kier molecular flexibility index (Phi) is 3.91. The first-order valence-corrected chi connectivity index (χ1v) is 5.61. The van der Waals surface area contributed by atoms with E-state index in [0.29, 0.717) is 18.2 Å². The van der Waals surface area contributed by atoms with Gasteiger partial charge in [-0.2, -0.15) is 0 Å². The Hall–Kier alpha value is -2.36. The van der Waals surface area contributed by atoms with Crippen LogP contribution in [0.5, 0.6) is 5.88 Å². The Morgan fingerprint density at radius 3 is 2.61 bits per heavy atom. The summed E-state index contributed by atoms with van der Waals surface area (Å²) in [6.07, 6.45) is 1.69. The summed E-state index contributed by atoms with van der Waals surface area (Å²) in [6, 6.07) is 13.2. The molecule has 0 amide bonds. The van der Waals surface area contributed by atoms with Crippen molar-refractivity contribution >= 4 is 5.71 Å². The van der Waals surface area contributed by atoms with Crippen LogP contribution >= 0.6 is 0 Å². The van der Waals surface area contributed by atoms with E-state index in [2.05, 4.69) is 10.1 Å². The molecule has 4 nitrogen and oxygen atoms in total. The third-order valence-electron chi connectivity index (χ3n) is 2.55. The maximum absolute atomic E-state index is 8.66. The fourth-order valence-electron chi connectivity index (χ4n) is 1.49. The second kappa shape index (κ2) is 5.82. The first-order chi connectivity index (χ1) is 8.79. The fraction of sp³-hybridized carbons (Fsp3) is 0.143. The van der Waals surface area contributed by atoms with Crippen molar-refractivity contribution in [1.82, 2.24) is 4.98 Å². The van der Waals surface area contributed by atoms with Crippen LogP contribution in [0.3, 0.4) is 0 Å². The SMILES string of the molecule is CC(=NO)c1ccc(COc2ccccn2)cc1. The van der Waals surface area contributed by atoms with Crippen LogP contribution in [0.15, 0.2) is 53.8 Å². The van der Waals surface area contributed by atoms with Crippen molar-refractivity contribution in [2.45, 2.75) is 13.5 Å². The molecule has 2 aromatic rings. The van der Waals surface area contributed by atoms with Crippen molar-refractivity contribution in [3.63, 3.8) is 0 Å². The first kappa shape index (κ1) is 12.1. The number of rotatable bonds is 4. The summed E-state index contributed by atoms with van der Waals surface area (Å²) in [5.74, 6) is 0.606. The Balaban J connectivity index is 1.99. The van der Waals surface area contributed by atoms with E-state index >= 15 is 0 Å². The van der Waals surface area contributed by atoms with Gasteiger partial charge in [0.1, 0.15) is 6.61 Å². The van der Waals surface area contributed by atoms with Gasteiger partial charge in [0.15, 0.2) is 0 Å². The summed E-state index contributed by atoms with van der Waals surface area (Å²) in [4.78, 5) is 4.08. The van der Waals surface area contributed by atoms with Gasteiger partial charge in [-0.3, -0.25) is 0 Å². The van der Waals surface area contributed by atoms with E-state index in [-0.39, 0.29) is 0 Å². The van der Waals surface area contributed by atoms with Crippen LogP contribution < -0.4 is 4.74 Å². The molecular weight excluding hydrogens is 228 g/mol. The van der Waals surface area contributed by atoms with Gasteiger partial charge >= 0.3 is 0 Å². The molecule has 1 aromatic carbocycles. The Morgan fingerprint density at radius 2 is 2.00 bits per heavy atom. The van der Waals surface area contributed by atoms with E-state index in [1.165, 1.54) is 0 Å². The van der Waals surface area contributed by atoms with Gasteiger partial charge in [-0.05, 0) is 24.1 Å². The number of aromatic nitrogens is 1. The van der Waals surface area contributed by atoms with Crippen LogP contribution in [0.25, 0.3) is 0 Å². The van der Waals surface area contributed by atoms with Crippen LogP contribution in [-0.4, -0.2) is 15.9 Å². The van der Waals surface area contributed by atoms with E-state index in [1.54, 1.807) is 13.1 Å². The molecule has 1 heterocycles. The molecule has 92 valence electrons. The first-order valence-electron chi connectivity index (χ1n) is 5.61. The molecular formula is C14H14N2O2. The van der Waals surface area contributed by atoms with Crippen LogP contribution in [0.2, 0.25) is 0 Å². The summed E-state index contributed by atoms with van der Waals surface area (Å²) in [5.41, 5.74) is 2.52. The van der Waals surface area contributed by atoms with Gasteiger partial charge in [0.2, 0.25) is 5.88 Å². The molecule has 1 N–H and O–H groups in total. The minimum Gasteiger partial charge on any atom is -0.473 e. The summed E-state index contributed by atoms with van der Waals surface area (Å²) in [5, 5.41) is 11.8. The van der Waals surface area contributed by atoms with Gasteiger partial charge in [0, 0.05) is 12.3 Å². The molecule has 1 aromatic heterocycles. The molecule has 0 atom stereocenters. The molecule has 0 unspecified atom stereocenters. The zero-order valence-corrected chi connectivity index (χ0v) is 10.1. The number of benzene rings is 1. The van der Waals surface area contributed by atoms with Gasteiger partial charge < -0.3 is 9.94 Å². The molecule has 0 spiro atoms. The smallest absolute Gasteiger partial charge is 0.213 e. The van der Waals surface area contributed by atoms with Crippen molar-refractivity contribution < 1.29 is 9.94 Å². The number of hydrogen-bond donors (Lipinski definition) is 1. The third-order valence-corrected chi connectivity index (χ3v) is 2.55. The normalized spacial score (nSPS) is 11.3. The van der Waals surface area contributed by atoms with Gasteiger partial charge in [-0.1, -0.05) is 35.5 Å². The van der Waals surface area contributed by atoms with E-state index in [9.17, 15) is 0 Å². The average molecular weight is 242 g/mol. The molecule has 0 saturated heterocycles. The lowest BCUT2D eigenvalue weighted by Gasteiger charge is -2.05. The predicted octanol–water partition coefficient (Wildman–Crippen LogP) is 2.86. The second-order valence-corrected chi connectivity index (χ2v) is 3.84. The third kappa shape index (κ3) is 3.07. The standard InChI is InChI=1S/C14H14N2O2/c1-11(16-17)13-7-5-12(6-8-13)10-18-14-4-2-3-9-15-14/h2-9,17H,10H2,1H3. The predicted molar refractivity (Wildman–Crippen MR) is 69.0 cm³/mol. The Bertz CT molecular complexity index is 521. The fourth-order valence-corrected chi connectivity index (χ4v) is 1.49. The van der Waals surface area contributed by atoms with Crippen molar-refractivity contribution in [2.75, 3.05) is 0 Å². The highest BCUT2D eigenvalue weighted by molar-refractivity contribution is 5.98. The highest BCUT2D eigenvalue weighted by Crippen LogP contribution is 2.10. The second-order valence-electron chi connectivity index (χ2n) is 3.84. The minimum absolute atomic E-state index is 0.465. The highest BCUT2D eigenvalue weighted by atomic mass is 16.5. The minimum atomic E-state index is 0.465. The molecule has 0 radical (unpaired) electrons. The van der Waals surface area contributed by atoms with Crippen LogP contribution in [0.1, 0.15) is 18.1 Å². The van der Waals surface area contributed by atoms with E-state index < -0.39 is 0 Å². The van der Waals surface area contributed by atoms with Crippen molar-refractivity contribution in [3.8, 4) is 5.88 Å². The average Bonchev–Trinajstić information content (AvgIpc) is 2.46. The van der Waals surface area contributed by atoms with Crippen molar-refractivity contribution in [1.29, 1.82) is 0 Å². The molecule has 2 rings (SSSR count). The number of oxime groups is 1. The number of pyridine rings is 1. The van der Waals surface area contributed by atoms with Gasteiger partial charge in [-0.25, -0.2) is 4.98 Å². The van der Waals surface area contributed by atoms with E-state index in [4.69, 9.17) is 9.94 Å². The topological polar surface area (TPSA) is 54.7 Å². The molecule has 0 aliphatic rings. The summed E-state index contributed by atoms with van der Waals surface area (Å²) < 4.78 is 5.53. The Labute approximate surface area is 106 Å². The quantitative estimate of drug-likeness (QED) is 0.509. The molecule has 0 fully saturated rings. The maximum Gasteiger partial charge on any atom is 0.213 e. The number of nitrogens with zero attached hydrogens (tertiary/aromatic N) is 2. The molecule has 0 aliphatic carbocycles. The lowest BCUT2D eigenvalue weighted by molar-refractivity contribution is 0.294. The van der Waals surface area contributed by atoms with Gasteiger partial charge in [0.05, 0.1) is 5.71 Å². The van der Waals surface area contributed by atoms with Crippen LogP contribution in [0.4, 0.5) is 0 Å². The monoisotopic (exact) mass is 242 g/mol. The van der Waals surface area contributed by atoms with Crippen LogP contribution in [0, 0.1) is 0 Å². The molecule has 0 saturated carbocycles. The summed E-state index contributed by atoms with van der Waals surface area (Å²) in [7, 11) is 0. The largest absolute Gasteiger partial charge is 0.473 e. The maximum atomic E-state index is 8.66. The Morgan fingerprint density at radius 1 is 1.22 bits per heavy atom. The summed E-state index contributed by atoms with van der Waals surface area (Å²) >= 11 is 0. The lowest BCUT2D eigenvalue weighted by atomic mass is 10.1. The number of hydrogen-bond acceptors (Lipinski definition) is 4. The van der Waals surface area contributed by atoms with Crippen molar-refractivity contribution in [2.24, 2.45) is 5.16 Å². The molecule has 18 heavy (non-hydrogen) atoms. The summed E-state index contributed by atoms with van der Waals surface area (Å²) in [6.45, 7) is 2.21. The highest BCUT2D eigenvalue weighted by Gasteiger charge is 1.99. The van der Waals surface area contributed by atoms with Crippen molar-refractivity contribution in [3.05, 3.63) is 59.8 Å². The van der Waals surface area contributed by atoms with E-state index in [0.717, 1.165) is 11.1 Å². The zero-order valence-electron chi connectivity index (χ0n) is 10.1. The lowest BCUT2D eigenvalue weighted by Crippen LogP contribution is -1.98. The number of ether oxygens (including phenoxy) is 1. The van der Waals surface area contributed by atoms with Gasteiger partial charge in [-0.15, -0.1) is 0 Å². The zero-order chi connectivity index (χ0) is 12.8. The van der Waals surface area contributed by atoms with Crippen LogP contribution in [-0.2, 0) is 6.61 Å². The molecule has 0 bridgehead atoms. The molecule has 4 heteroatoms.